The molecule has 1 aromatic rings. The molecule has 0 saturated heterocycles. The summed E-state index contributed by atoms with van der Waals surface area (Å²) >= 11 is 0. The van der Waals surface area contributed by atoms with Crippen LogP contribution in [-0.4, -0.2) is 31.1 Å². The van der Waals surface area contributed by atoms with Gasteiger partial charge in [-0.25, -0.2) is 0 Å². The zero-order chi connectivity index (χ0) is 15.1. The molecule has 0 heterocycles. The number of hydrogen-bond donors (Lipinski definition) is 1. The largest absolute Gasteiger partial charge is 0.494 e. The van der Waals surface area contributed by atoms with Crippen molar-refractivity contribution in [2.24, 2.45) is 5.73 Å². The van der Waals surface area contributed by atoms with Crippen LogP contribution in [-0.2, 0) is 0 Å². The summed E-state index contributed by atoms with van der Waals surface area (Å²) in [7, 11) is 2.23. The van der Waals surface area contributed by atoms with Crippen LogP contribution in [0.4, 0.5) is 0 Å². The highest BCUT2D eigenvalue weighted by Crippen LogP contribution is 2.23. The SMILES string of the molecule is CCOc1ccc(C(N)CN(C)C2CCCCCC2)cc1. The Morgan fingerprint density at radius 1 is 1.14 bits per heavy atom. The highest BCUT2D eigenvalue weighted by atomic mass is 16.5. The lowest BCUT2D eigenvalue weighted by molar-refractivity contribution is 0.209. The molecule has 1 fully saturated rings. The van der Waals surface area contributed by atoms with Gasteiger partial charge >= 0.3 is 0 Å². The summed E-state index contributed by atoms with van der Waals surface area (Å²) in [6.45, 7) is 3.63. The van der Waals surface area contributed by atoms with Crippen molar-refractivity contribution in [3.63, 3.8) is 0 Å². The van der Waals surface area contributed by atoms with Crippen molar-refractivity contribution in [3.05, 3.63) is 29.8 Å². The van der Waals surface area contributed by atoms with E-state index in [2.05, 4.69) is 24.1 Å². The van der Waals surface area contributed by atoms with Crippen molar-refractivity contribution in [1.29, 1.82) is 0 Å². The van der Waals surface area contributed by atoms with Crippen LogP contribution in [0.2, 0.25) is 0 Å². The Kier molecular flexibility index (Phi) is 6.52. The second-order valence-electron chi connectivity index (χ2n) is 6.19. The van der Waals surface area contributed by atoms with Gasteiger partial charge in [0.15, 0.2) is 0 Å². The van der Waals surface area contributed by atoms with E-state index >= 15 is 0 Å². The van der Waals surface area contributed by atoms with E-state index < -0.39 is 0 Å². The lowest BCUT2D eigenvalue weighted by atomic mass is 10.0. The normalized spacial score (nSPS) is 18.5. The molecule has 2 rings (SSSR count). The number of nitrogens with two attached hydrogens (primary N) is 1. The summed E-state index contributed by atoms with van der Waals surface area (Å²) in [4.78, 5) is 2.46. The molecule has 0 bridgehead atoms. The first-order chi connectivity index (χ1) is 10.2. The quantitative estimate of drug-likeness (QED) is 0.811. The fourth-order valence-corrected chi connectivity index (χ4v) is 3.24. The van der Waals surface area contributed by atoms with Gasteiger partial charge in [-0.2, -0.15) is 0 Å². The van der Waals surface area contributed by atoms with Gasteiger partial charge in [-0.15, -0.1) is 0 Å². The van der Waals surface area contributed by atoms with Crippen LogP contribution >= 0.6 is 0 Å². The molecule has 0 amide bonds. The van der Waals surface area contributed by atoms with Crippen molar-refractivity contribution >= 4 is 0 Å². The molecule has 2 N–H and O–H groups in total. The molecular weight excluding hydrogens is 260 g/mol. The van der Waals surface area contributed by atoms with Crippen LogP contribution in [0.1, 0.15) is 57.1 Å². The first kappa shape index (κ1) is 16.3. The number of ether oxygens (including phenoxy) is 1. The van der Waals surface area contributed by atoms with Gasteiger partial charge in [-0.1, -0.05) is 37.8 Å². The highest BCUT2D eigenvalue weighted by Gasteiger charge is 2.19. The first-order valence-electron chi connectivity index (χ1n) is 8.39. The second-order valence-corrected chi connectivity index (χ2v) is 6.19. The third-order valence-electron chi connectivity index (χ3n) is 4.55. The lowest BCUT2D eigenvalue weighted by Gasteiger charge is -2.29. The Hall–Kier alpha value is -1.06. The number of hydrogen-bond acceptors (Lipinski definition) is 3. The van der Waals surface area contributed by atoms with Gasteiger partial charge in [0.25, 0.3) is 0 Å². The fraction of sp³-hybridized carbons (Fsp3) is 0.667. The van der Waals surface area contributed by atoms with E-state index in [1.54, 1.807) is 0 Å². The molecule has 0 radical (unpaired) electrons. The van der Waals surface area contributed by atoms with E-state index in [9.17, 15) is 0 Å². The fourth-order valence-electron chi connectivity index (χ4n) is 3.24. The number of nitrogens with zero attached hydrogens (tertiary/aromatic N) is 1. The van der Waals surface area contributed by atoms with Crippen molar-refractivity contribution < 1.29 is 4.74 Å². The van der Waals surface area contributed by atoms with Crippen LogP contribution < -0.4 is 10.5 Å². The number of benzene rings is 1. The standard InChI is InChI=1S/C18H30N2O/c1-3-21-17-12-10-15(11-13-17)18(19)14-20(2)16-8-6-4-5-7-9-16/h10-13,16,18H,3-9,14,19H2,1-2H3. The molecule has 21 heavy (non-hydrogen) atoms. The molecule has 1 atom stereocenters. The van der Waals surface area contributed by atoms with Gasteiger partial charge in [0.2, 0.25) is 0 Å². The maximum Gasteiger partial charge on any atom is 0.119 e. The van der Waals surface area contributed by atoms with E-state index in [0.717, 1.165) is 12.3 Å². The van der Waals surface area contributed by atoms with E-state index in [-0.39, 0.29) is 6.04 Å². The zero-order valence-electron chi connectivity index (χ0n) is 13.6. The van der Waals surface area contributed by atoms with Gasteiger partial charge in [0, 0.05) is 18.6 Å². The smallest absolute Gasteiger partial charge is 0.119 e. The summed E-state index contributed by atoms with van der Waals surface area (Å²) in [5.41, 5.74) is 7.58. The molecule has 1 aliphatic rings. The van der Waals surface area contributed by atoms with Crippen molar-refractivity contribution in [2.45, 2.75) is 57.5 Å². The van der Waals surface area contributed by atoms with Crippen LogP contribution in [0, 0.1) is 0 Å². The van der Waals surface area contributed by atoms with Gasteiger partial charge in [-0.05, 0) is 44.5 Å². The van der Waals surface area contributed by atoms with Gasteiger partial charge in [0.05, 0.1) is 6.61 Å². The van der Waals surface area contributed by atoms with Gasteiger partial charge in [0.1, 0.15) is 5.75 Å². The zero-order valence-corrected chi connectivity index (χ0v) is 13.6. The Bertz CT molecular complexity index is 396. The minimum Gasteiger partial charge on any atom is -0.494 e. The summed E-state index contributed by atoms with van der Waals surface area (Å²) in [5.74, 6) is 0.922. The molecule has 1 saturated carbocycles. The lowest BCUT2D eigenvalue weighted by Crippen LogP contribution is -2.37. The molecule has 3 nitrogen and oxygen atoms in total. The minimum atomic E-state index is 0.0777. The maximum absolute atomic E-state index is 6.38. The Morgan fingerprint density at radius 2 is 1.76 bits per heavy atom. The van der Waals surface area contributed by atoms with Crippen molar-refractivity contribution in [1.82, 2.24) is 4.90 Å². The molecule has 0 aromatic heterocycles. The topological polar surface area (TPSA) is 38.5 Å². The summed E-state index contributed by atoms with van der Waals surface area (Å²) < 4.78 is 5.48. The van der Waals surface area contributed by atoms with Crippen molar-refractivity contribution in [2.75, 3.05) is 20.2 Å². The summed E-state index contributed by atoms with van der Waals surface area (Å²) in [5, 5.41) is 0. The Labute approximate surface area is 129 Å². The van der Waals surface area contributed by atoms with E-state index in [1.165, 1.54) is 44.1 Å². The van der Waals surface area contributed by atoms with Crippen LogP contribution in [0.15, 0.2) is 24.3 Å². The predicted octanol–water partition coefficient (Wildman–Crippen LogP) is 3.74. The first-order valence-corrected chi connectivity index (χ1v) is 8.39. The van der Waals surface area contributed by atoms with Crippen molar-refractivity contribution in [3.8, 4) is 5.75 Å². The average Bonchev–Trinajstić information content (AvgIpc) is 2.77. The second kappa shape index (κ2) is 8.40. The average molecular weight is 290 g/mol. The van der Waals surface area contributed by atoms with E-state index in [4.69, 9.17) is 10.5 Å². The highest BCUT2D eigenvalue weighted by molar-refractivity contribution is 5.29. The molecule has 1 aromatic carbocycles. The molecule has 0 aliphatic heterocycles. The molecule has 1 aliphatic carbocycles. The van der Waals surface area contributed by atoms with Crippen LogP contribution in [0.25, 0.3) is 0 Å². The minimum absolute atomic E-state index is 0.0777. The van der Waals surface area contributed by atoms with Gasteiger partial charge < -0.3 is 15.4 Å². The van der Waals surface area contributed by atoms with Crippen LogP contribution in [0.5, 0.6) is 5.75 Å². The molecule has 118 valence electrons. The third-order valence-corrected chi connectivity index (χ3v) is 4.55. The summed E-state index contributed by atoms with van der Waals surface area (Å²) in [6, 6.07) is 9.01. The van der Waals surface area contributed by atoms with E-state index in [0.29, 0.717) is 12.6 Å². The monoisotopic (exact) mass is 290 g/mol. The van der Waals surface area contributed by atoms with Gasteiger partial charge in [-0.3, -0.25) is 0 Å². The predicted molar refractivity (Wildman–Crippen MR) is 88.7 cm³/mol. The number of likely N-dealkylation sites (N-methyl/N-ethyl adjacent to an activating group) is 1. The van der Waals surface area contributed by atoms with Crippen LogP contribution in [0.3, 0.4) is 0 Å². The Morgan fingerprint density at radius 3 is 2.33 bits per heavy atom. The maximum atomic E-state index is 6.38. The molecule has 0 spiro atoms. The molecule has 1 unspecified atom stereocenters. The Balaban J connectivity index is 1.88. The van der Waals surface area contributed by atoms with E-state index in [1.807, 2.05) is 19.1 Å². The molecule has 3 heteroatoms. The number of rotatable bonds is 6. The third kappa shape index (κ3) is 5.01. The molecular formula is C18H30N2O. The summed E-state index contributed by atoms with van der Waals surface area (Å²) in [6.07, 6.45) is 8.18.